The average Bonchev–Trinajstić information content (AvgIpc) is 4.17. The average molecular weight is 920 g/mol. The quantitative estimate of drug-likeness (QED) is 0.172. The lowest BCUT2D eigenvalue weighted by atomic mass is 9.66. The van der Waals surface area contributed by atoms with E-state index in [1.165, 1.54) is 55.6 Å². The Balaban J connectivity index is 0.982. The molecule has 0 radical (unpaired) electrons. The Labute approximate surface area is 415 Å². The molecule has 1 aliphatic heterocycles. The number of fused-ring (bicyclic) bond motifs is 18. The largest absolute Gasteiger partial charge is 0.457 e. The van der Waals surface area contributed by atoms with Crippen LogP contribution in [0.5, 0.6) is 11.5 Å². The van der Waals surface area contributed by atoms with Crippen molar-refractivity contribution in [3.05, 3.63) is 293 Å². The second-order valence-corrected chi connectivity index (χ2v) is 19.4. The summed E-state index contributed by atoms with van der Waals surface area (Å²) in [7, 11) is 0. The molecule has 11 aromatic carbocycles. The van der Waals surface area contributed by atoms with Crippen LogP contribution in [-0.2, 0) is 10.8 Å². The molecule has 2 aromatic heterocycles. The summed E-state index contributed by atoms with van der Waals surface area (Å²) in [5.74, 6) is 1.73. The predicted molar refractivity (Wildman–Crippen MR) is 290 cm³/mol. The fourth-order valence-electron chi connectivity index (χ4n) is 13.2. The van der Waals surface area contributed by atoms with Crippen molar-refractivity contribution >= 4 is 60.9 Å². The van der Waals surface area contributed by atoms with E-state index in [2.05, 4.69) is 241 Å². The van der Waals surface area contributed by atoms with Crippen molar-refractivity contribution in [3.63, 3.8) is 0 Å². The van der Waals surface area contributed by atoms with Crippen LogP contribution in [0.2, 0.25) is 0 Å². The molecule has 0 saturated carbocycles. The van der Waals surface area contributed by atoms with E-state index in [1.54, 1.807) is 0 Å². The van der Waals surface area contributed by atoms with E-state index in [0.717, 1.165) is 83.6 Å². The van der Waals surface area contributed by atoms with Gasteiger partial charge in [-0.25, -0.2) is 0 Å². The van der Waals surface area contributed by atoms with Crippen LogP contribution in [0.1, 0.15) is 44.5 Å². The summed E-state index contributed by atoms with van der Waals surface area (Å²) in [4.78, 5) is 2.42. The molecular weight excluding hydrogens is 879 g/mol. The maximum Gasteiger partial charge on any atom is 0.137 e. The van der Waals surface area contributed by atoms with E-state index in [4.69, 9.17) is 13.6 Å². The van der Waals surface area contributed by atoms with Gasteiger partial charge in [-0.15, -0.1) is 0 Å². The van der Waals surface area contributed by atoms with Crippen LogP contribution >= 0.6 is 0 Å². The monoisotopic (exact) mass is 919 g/mol. The first-order chi connectivity index (χ1) is 35.7. The number of ether oxygens (including phenoxy) is 1. The zero-order valence-electron chi connectivity index (χ0n) is 38.8. The maximum atomic E-state index is 7.15. The molecule has 13 aromatic rings. The van der Waals surface area contributed by atoms with Crippen molar-refractivity contribution in [2.24, 2.45) is 0 Å². The third-order valence-electron chi connectivity index (χ3n) is 16.0. The molecule has 16 rings (SSSR count). The summed E-state index contributed by atoms with van der Waals surface area (Å²) >= 11 is 0. The van der Waals surface area contributed by atoms with Crippen LogP contribution in [0.25, 0.3) is 66.1 Å². The lowest BCUT2D eigenvalue weighted by Gasteiger charge is -2.39. The van der Waals surface area contributed by atoms with Gasteiger partial charge in [0.25, 0.3) is 0 Å². The summed E-state index contributed by atoms with van der Waals surface area (Å²) in [6.07, 6.45) is 0. The Kier molecular flexibility index (Phi) is 7.99. The van der Waals surface area contributed by atoms with Gasteiger partial charge in [-0.3, -0.25) is 0 Å². The van der Waals surface area contributed by atoms with E-state index in [-0.39, 0.29) is 0 Å². The van der Waals surface area contributed by atoms with Crippen LogP contribution in [0.15, 0.2) is 258 Å². The van der Waals surface area contributed by atoms with Gasteiger partial charge in [0.05, 0.1) is 21.9 Å². The Hall–Kier alpha value is -9.38. The van der Waals surface area contributed by atoms with E-state index in [9.17, 15) is 0 Å². The van der Waals surface area contributed by atoms with Gasteiger partial charge in [-0.2, -0.15) is 0 Å². The van der Waals surface area contributed by atoms with Crippen LogP contribution < -0.4 is 9.64 Å². The number of anilines is 3. The number of nitrogens with zero attached hydrogens (tertiary/aromatic N) is 1. The standard InChI is InChI=1S/C68H41NO3/c1-3-18-42(19-4-1)67(43-20-5-2-6-21-43)53-25-10-7-22-46(53)48-36-34-44(38-57(48)67)69(45-35-37-50-49-24-9-14-30-60(49)70-64(50)39-45)59-29-17-33-63-66(59)52-40-51-47-23-8-11-26-54(47)68(58(51)41-65(52)72-63)55-27-12-15-31-61(55)71-62-32-16-13-28-56(62)68/h1-41H. The van der Waals surface area contributed by atoms with Gasteiger partial charge in [0.2, 0.25) is 0 Å². The molecule has 0 fully saturated rings. The Morgan fingerprint density at radius 1 is 0.292 bits per heavy atom. The van der Waals surface area contributed by atoms with E-state index < -0.39 is 10.8 Å². The lowest BCUT2D eigenvalue weighted by molar-refractivity contribution is 0.436. The smallest absolute Gasteiger partial charge is 0.137 e. The summed E-state index contributed by atoms with van der Waals surface area (Å²) in [5, 5.41) is 4.26. The highest BCUT2D eigenvalue weighted by molar-refractivity contribution is 6.16. The molecule has 3 heterocycles. The first-order valence-electron chi connectivity index (χ1n) is 24.7. The highest BCUT2D eigenvalue weighted by Crippen LogP contribution is 2.63. The van der Waals surface area contributed by atoms with E-state index in [1.807, 2.05) is 12.1 Å². The van der Waals surface area contributed by atoms with Gasteiger partial charge in [0.15, 0.2) is 0 Å². The Morgan fingerprint density at radius 3 is 1.54 bits per heavy atom. The molecule has 0 bridgehead atoms. The summed E-state index contributed by atoms with van der Waals surface area (Å²) < 4.78 is 20.5. The second-order valence-electron chi connectivity index (χ2n) is 19.4. The van der Waals surface area contributed by atoms with Crippen LogP contribution in [-0.4, -0.2) is 0 Å². The molecule has 336 valence electrons. The molecule has 0 unspecified atom stereocenters. The minimum absolute atomic E-state index is 0.585. The zero-order valence-corrected chi connectivity index (χ0v) is 38.8. The van der Waals surface area contributed by atoms with Crippen molar-refractivity contribution in [1.82, 2.24) is 0 Å². The second kappa shape index (κ2) is 14.6. The van der Waals surface area contributed by atoms with Gasteiger partial charge >= 0.3 is 0 Å². The van der Waals surface area contributed by atoms with Crippen LogP contribution in [0, 0.1) is 0 Å². The molecule has 4 nitrogen and oxygen atoms in total. The number of rotatable bonds is 5. The highest BCUT2D eigenvalue weighted by Gasteiger charge is 2.52. The first kappa shape index (κ1) is 39.5. The molecule has 0 saturated heterocycles. The van der Waals surface area contributed by atoms with Gasteiger partial charge in [-0.05, 0) is 122 Å². The first-order valence-corrected chi connectivity index (χ1v) is 24.7. The molecule has 1 spiro atoms. The van der Waals surface area contributed by atoms with Crippen molar-refractivity contribution in [2.45, 2.75) is 10.8 Å². The van der Waals surface area contributed by atoms with Crippen molar-refractivity contribution in [1.29, 1.82) is 0 Å². The predicted octanol–water partition coefficient (Wildman–Crippen LogP) is 17.8. The number of furan rings is 2. The fraction of sp³-hybridized carbons (Fsp3) is 0.0294. The van der Waals surface area contributed by atoms with Gasteiger partial charge in [0, 0.05) is 44.7 Å². The molecule has 0 N–H and O–H groups in total. The third-order valence-corrected chi connectivity index (χ3v) is 16.0. The van der Waals surface area contributed by atoms with Gasteiger partial charge < -0.3 is 18.5 Å². The molecule has 4 heteroatoms. The van der Waals surface area contributed by atoms with Gasteiger partial charge in [-0.1, -0.05) is 176 Å². The SMILES string of the molecule is c1ccc(C2(c3ccccc3)c3ccccc3-c3ccc(N(c4ccc5c(c4)oc4ccccc45)c4cccc5oc6cc7c(cc6c45)-c4ccccc4C74c5ccccc5Oc5ccccc54)cc32)cc1. The van der Waals surface area contributed by atoms with E-state index >= 15 is 0 Å². The number of hydrogen-bond acceptors (Lipinski definition) is 4. The normalized spacial score (nSPS) is 14.2. The zero-order chi connectivity index (χ0) is 47.1. The molecule has 0 amide bonds. The fourth-order valence-corrected chi connectivity index (χ4v) is 13.2. The number of para-hydroxylation sites is 3. The molecule has 72 heavy (non-hydrogen) atoms. The topological polar surface area (TPSA) is 38.8 Å². The Morgan fingerprint density at radius 2 is 0.806 bits per heavy atom. The molecule has 3 aliphatic rings. The summed E-state index contributed by atoms with van der Waals surface area (Å²) in [5.41, 5.74) is 19.6. The van der Waals surface area contributed by atoms with Crippen molar-refractivity contribution in [3.8, 4) is 33.8 Å². The molecule has 2 aliphatic carbocycles. The van der Waals surface area contributed by atoms with E-state index in [0.29, 0.717) is 0 Å². The van der Waals surface area contributed by atoms with Crippen molar-refractivity contribution < 1.29 is 13.6 Å². The van der Waals surface area contributed by atoms with Crippen LogP contribution in [0.3, 0.4) is 0 Å². The Bertz CT molecular complexity index is 4310. The minimum atomic E-state index is -0.618. The van der Waals surface area contributed by atoms with Crippen molar-refractivity contribution in [2.75, 3.05) is 4.90 Å². The third kappa shape index (κ3) is 5.10. The summed E-state index contributed by atoms with van der Waals surface area (Å²) in [6, 6.07) is 90.2. The lowest BCUT2D eigenvalue weighted by Crippen LogP contribution is -2.32. The van der Waals surface area contributed by atoms with Crippen LogP contribution in [0.4, 0.5) is 17.1 Å². The number of benzene rings is 11. The molecule has 0 atom stereocenters. The van der Waals surface area contributed by atoms with Gasteiger partial charge in [0.1, 0.15) is 33.8 Å². The number of hydrogen-bond donors (Lipinski definition) is 0. The highest BCUT2D eigenvalue weighted by atomic mass is 16.5. The minimum Gasteiger partial charge on any atom is -0.457 e. The maximum absolute atomic E-state index is 7.15. The summed E-state index contributed by atoms with van der Waals surface area (Å²) in [6.45, 7) is 0. The molecular formula is C68H41NO3.